The SMILES string of the molecule is CC(C)Oc1ccc(-c2cnc(N)[nH]2)cc1. The van der Waals surface area contributed by atoms with E-state index in [1.807, 2.05) is 38.1 Å². The monoisotopic (exact) mass is 217 g/mol. The first kappa shape index (κ1) is 10.5. The Balaban J connectivity index is 2.19. The molecule has 0 radical (unpaired) electrons. The molecule has 0 spiro atoms. The first-order valence-electron chi connectivity index (χ1n) is 5.23. The quantitative estimate of drug-likeness (QED) is 0.830. The minimum absolute atomic E-state index is 0.189. The zero-order chi connectivity index (χ0) is 11.5. The number of benzene rings is 1. The minimum atomic E-state index is 0.189. The van der Waals surface area contributed by atoms with Crippen LogP contribution in [-0.2, 0) is 0 Å². The molecule has 2 aromatic rings. The lowest BCUT2D eigenvalue weighted by atomic mass is 10.2. The van der Waals surface area contributed by atoms with Crippen LogP contribution in [0.1, 0.15) is 13.8 Å². The van der Waals surface area contributed by atoms with Crippen LogP contribution in [0.25, 0.3) is 11.3 Å². The van der Waals surface area contributed by atoms with Crippen molar-refractivity contribution in [3.05, 3.63) is 30.5 Å². The van der Waals surface area contributed by atoms with Crippen molar-refractivity contribution in [1.82, 2.24) is 9.97 Å². The minimum Gasteiger partial charge on any atom is -0.491 e. The Morgan fingerprint density at radius 1 is 1.25 bits per heavy atom. The van der Waals surface area contributed by atoms with Crippen molar-refractivity contribution in [2.45, 2.75) is 20.0 Å². The lowest BCUT2D eigenvalue weighted by Gasteiger charge is -2.09. The van der Waals surface area contributed by atoms with E-state index in [1.165, 1.54) is 0 Å². The van der Waals surface area contributed by atoms with Crippen LogP contribution in [0, 0.1) is 0 Å². The first-order valence-corrected chi connectivity index (χ1v) is 5.23. The molecule has 0 unspecified atom stereocenters. The van der Waals surface area contributed by atoms with Gasteiger partial charge in [0, 0.05) is 0 Å². The average Bonchev–Trinajstić information content (AvgIpc) is 2.65. The number of anilines is 1. The van der Waals surface area contributed by atoms with Crippen LogP contribution in [0.15, 0.2) is 30.5 Å². The second-order valence-corrected chi connectivity index (χ2v) is 3.87. The number of nitrogens with one attached hydrogen (secondary N) is 1. The smallest absolute Gasteiger partial charge is 0.197 e. The number of hydrogen-bond donors (Lipinski definition) is 2. The van der Waals surface area contributed by atoms with Crippen LogP contribution in [0.3, 0.4) is 0 Å². The number of nitrogens with zero attached hydrogens (tertiary/aromatic N) is 1. The topological polar surface area (TPSA) is 63.9 Å². The van der Waals surface area contributed by atoms with E-state index in [0.717, 1.165) is 17.0 Å². The number of imidazole rings is 1. The standard InChI is InChI=1S/C12H15N3O/c1-8(2)16-10-5-3-9(4-6-10)11-7-14-12(13)15-11/h3-8H,1-2H3,(H3,13,14,15). The van der Waals surface area contributed by atoms with Crippen LogP contribution in [0.2, 0.25) is 0 Å². The van der Waals surface area contributed by atoms with Crippen molar-refractivity contribution in [3.63, 3.8) is 0 Å². The Kier molecular flexibility index (Phi) is 2.81. The van der Waals surface area contributed by atoms with Crippen molar-refractivity contribution >= 4 is 5.95 Å². The van der Waals surface area contributed by atoms with Gasteiger partial charge in [0.25, 0.3) is 0 Å². The molecular weight excluding hydrogens is 202 g/mol. The molecule has 0 bridgehead atoms. The normalized spacial score (nSPS) is 10.7. The van der Waals surface area contributed by atoms with Gasteiger partial charge in [-0.05, 0) is 43.7 Å². The van der Waals surface area contributed by atoms with Crippen molar-refractivity contribution in [2.75, 3.05) is 5.73 Å². The van der Waals surface area contributed by atoms with Gasteiger partial charge in [-0.25, -0.2) is 4.98 Å². The molecule has 0 aliphatic heterocycles. The van der Waals surface area contributed by atoms with E-state index in [9.17, 15) is 0 Å². The summed E-state index contributed by atoms with van der Waals surface area (Å²) in [5.41, 5.74) is 7.47. The van der Waals surface area contributed by atoms with Gasteiger partial charge >= 0.3 is 0 Å². The number of H-pyrrole nitrogens is 1. The van der Waals surface area contributed by atoms with Crippen molar-refractivity contribution < 1.29 is 4.74 Å². The molecule has 0 saturated carbocycles. The number of nitrogens with two attached hydrogens (primary N) is 1. The Hall–Kier alpha value is -1.97. The van der Waals surface area contributed by atoms with Gasteiger partial charge in [-0.3, -0.25) is 0 Å². The van der Waals surface area contributed by atoms with Crippen LogP contribution in [-0.4, -0.2) is 16.1 Å². The molecule has 84 valence electrons. The zero-order valence-corrected chi connectivity index (χ0v) is 9.40. The highest BCUT2D eigenvalue weighted by Gasteiger charge is 2.02. The van der Waals surface area contributed by atoms with Crippen LogP contribution < -0.4 is 10.5 Å². The summed E-state index contributed by atoms with van der Waals surface area (Å²) < 4.78 is 5.56. The van der Waals surface area contributed by atoms with Gasteiger partial charge in [0.05, 0.1) is 18.0 Å². The Morgan fingerprint density at radius 2 is 1.94 bits per heavy atom. The predicted molar refractivity (Wildman–Crippen MR) is 64.2 cm³/mol. The molecule has 0 amide bonds. The lowest BCUT2D eigenvalue weighted by molar-refractivity contribution is 0.242. The number of nitrogen functional groups attached to an aromatic ring is 1. The zero-order valence-electron chi connectivity index (χ0n) is 9.40. The first-order chi connectivity index (χ1) is 7.65. The van der Waals surface area contributed by atoms with E-state index in [4.69, 9.17) is 10.5 Å². The Morgan fingerprint density at radius 3 is 2.44 bits per heavy atom. The fourth-order valence-corrected chi connectivity index (χ4v) is 1.47. The summed E-state index contributed by atoms with van der Waals surface area (Å²) in [7, 11) is 0. The molecule has 0 aliphatic rings. The number of ether oxygens (including phenoxy) is 1. The summed E-state index contributed by atoms with van der Waals surface area (Å²) >= 11 is 0. The maximum absolute atomic E-state index is 5.56. The molecule has 16 heavy (non-hydrogen) atoms. The summed E-state index contributed by atoms with van der Waals surface area (Å²) in [5.74, 6) is 1.30. The Labute approximate surface area is 94.5 Å². The van der Waals surface area contributed by atoms with Crippen LogP contribution in [0.4, 0.5) is 5.95 Å². The third-order valence-corrected chi connectivity index (χ3v) is 2.13. The van der Waals surface area contributed by atoms with E-state index in [-0.39, 0.29) is 6.10 Å². The number of rotatable bonds is 3. The summed E-state index contributed by atoms with van der Waals surface area (Å²) in [4.78, 5) is 6.93. The largest absolute Gasteiger partial charge is 0.491 e. The van der Waals surface area contributed by atoms with E-state index < -0.39 is 0 Å². The van der Waals surface area contributed by atoms with E-state index in [1.54, 1.807) is 6.20 Å². The fourth-order valence-electron chi connectivity index (χ4n) is 1.47. The average molecular weight is 217 g/mol. The maximum atomic E-state index is 5.56. The molecular formula is C12H15N3O. The van der Waals surface area contributed by atoms with Crippen LogP contribution >= 0.6 is 0 Å². The molecule has 3 N–H and O–H groups in total. The maximum Gasteiger partial charge on any atom is 0.197 e. The number of aromatic nitrogens is 2. The van der Waals surface area contributed by atoms with Gasteiger partial charge < -0.3 is 15.5 Å². The van der Waals surface area contributed by atoms with Gasteiger partial charge in [0.1, 0.15) is 5.75 Å². The molecule has 0 fully saturated rings. The summed E-state index contributed by atoms with van der Waals surface area (Å²) in [5, 5.41) is 0. The van der Waals surface area contributed by atoms with Gasteiger partial charge in [0.15, 0.2) is 5.95 Å². The lowest BCUT2D eigenvalue weighted by Crippen LogP contribution is -2.05. The molecule has 1 aromatic carbocycles. The summed E-state index contributed by atoms with van der Waals surface area (Å²) in [6.07, 6.45) is 1.90. The van der Waals surface area contributed by atoms with Gasteiger partial charge in [-0.2, -0.15) is 0 Å². The van der Waals surface area contributed by atoms with Crippen molar-refractivity contribution in [1.29, 1.82) is 0 Å². The summed E-state index contributed by atoms with van der Waals surface area (Å²) in [6, 6.07) is 7.83. The highest BCUT2D eigenvalue weighted by atomic mass is 16.5. The molecule has 2 rings (SSSR count). The highest BCUT2D eigenvalue weighted by molar-refractivity contribution is 5.60. The molecule has 1 aromatic heterocycles. The summed E-state index contributed by atoms with van der Waals surface area (Å²) in [6.45, 7) is 4.01. The molecule has 0 aliphatic carbocycles. The molecule has 1 heterocycles. The second-order valence-electron chi connectivity index (χ2n) is 3.87. The second kappa shape index (κ2) is 4.26. The van der Waals surface area contributed by atoms with Gasteiger partial charge in [-0.15, -0.1) is 0 Å². The molecule has 4 nitrogen and oxygen atoms in total. The predicted octanol–water partition coefficient (Wildman–Crippen LogP) is 2.45. The molecule has 0 atom stereocenters. The van der Waals surface area contributed by atoms with Crippen molar-refractivity contribution in [2.24, 2.45) is 0 Å². The number of aromatic amines is 1. The van der Waals surface area contributed by atoms with Gasteiger partial charge in [0.2, 0.25) is 0 Å². The van der Waals surface area contributed by atoms with E-state index >= 15 is 0 Å². The highest BCUT2D eigenvalue weighted by Crippen LogP contribution is 2.21. The van der Waals surface area contributed by atoms with Crippen molar-refractivity contribution in [3.8, 4) is 17.0 Å². The number of hydrogen-bond acceptors (Lipinski definition) is 3. The molecule has 4 heteroatoms. The van der Waals surface area contributed by atoms with E-state index in [0.29, 0.717) is 5.95 Å². The molecule has 0 saturated heterocycles. The van der Waals surface area contributed by atoms with Crippen LogP contribution in [0.5, 0.6) is 5.75 Å². The Bertz CT molecular complexity index is 459. The van der Waals surface area contributed by atoms with E-state index in [2.05, 4.69) is 9.97 Å². The van der Waals surface area contributed by atoms with Gasteiger partial charge in [-0.1, -0.05) is 0 Å². The third kappa shape index (κ3) is 2.34. The fraction of sp³-hybridized carbons (Fsp3) is 0.250. The third-order valence-electron chi connectivity index (χ3n) is 2.13.